The molecule has 1 aromatic carbocycles. The third kappa shape index (κ3) is 4.46. The standard InChI is InChI=1S/C15H13N3O7S2/c19-12(8-25-14(20)9-1-2-9)17-15-16-7-13(26-15)27(23,24)11-5-3-10(4-6-11)18(21)22/h3-7,9H,1-2,8H2,(H,16,17,19). The second-order valence-electron chi connectivity index (χ2n) is 5.67. The van der Waals surface area contributed by atoms with Gasteiger partial charge in [-0.15, -0.1) is 0 Å². The van der Waals surface area contributed by atoms with Crippen LogP contribution in [0, 0.1) is 16.0 Å². The van der Waals surface area contributed by atoms with Gasteiger partial charge in [-0.3, -0.25) is 25.0 Å². The van der Waals surface area contributed by atoms with E-state index in [-0.39, 0.29) is 25.8 Å². The molecule has 1 amide bonds. The number of nitrogens with zero attached hydrogens (tertiary/aromatic N) is 2. The molecule has 0 aliphatic heterocycles. The van der Waals surface area contributed by atoms with Gasteiger partial charge in [0.05, 0.1) is 21.9 Å². The minimum Gasteiger partial charge on any atom is -0.455 e. The summed E-state index contributed by atoms with van der Waals surface area (Å²) in [5.41, 5.74) is -0.230. The third-order valence-electron chi connectivity index (χ3n) is 3.61. The lowest BCUT2D eigenvalue weighted by Crippen LogP contribution is -2.21. The van der Waals surface area contributed by atoms with Crippen molar-refractivity contribution < 1.29 is 27.7 Å². The molecule has 0 unspecified atom stereocenters. The molecule has 12 heteroatoms. The van der Waals surface area contributed by atoms with Crippen molar-refractivity contribution >= 4 is 43.9 Å². The highest BCUT2D eigenvalue weighted by Crippen LogP contribution is 2.31. The minimum absolute atomic E-state index is 0.0305. The Morgan fingerprint density at radius 1 is 1.30 bits per heavy atom. The zero-order valence-corrected chi connectivity index (χ0v) is 15.3. The predicted molar refractivity (Wildman–Crippen MR) is 93.0 cm³/mol. The number of carbonyl (C=O) groups excluding carboxylic acids is 2. The number of hydrogen-bond acceptors (Lipinski definition) is 9. The summed E-state index contributed by atoms with van der Waals surface area (Å²) in [7, 11) is -3.93. The van der Waals surface area contributed by atoms with Gasteiger partial charge in [-0.25, -0.2) is 13.4 Å². The first-order chi connectivity index (χ1) is 12.8. The molecule has 142 valence electrons. The maximum absolute atomic E-state index is 12.5. The monoisotopic (exact) mass is 411 g/mol. The van der Waals surface area contributed by atoms with E-state index in [9.17, 15) is 28.1 Å². The van der Waals surface area contributed by atoms with Crippen molar-refractivity contribution in [2.75, 3.05) is 11.9 Å². The molecule has 0 atom stereocenters. The van der Waals surface area contributed by atoms with E-state index in [0.29, 0.717) is 0 Å². The Bertz CT molecular complexity index is 995. The van der Waals surface area contributed by atoms with Crippen molar-refractivity contribution in [1.82, 2.24) is 4.98 Å². The average molecular weight is 411 g/mol. The number of nitrogens with one attached hydrogen (secondary N) is 1. The van der Waals surface area contributed by atoms with E-state index < -0.39 is 33.2 Å². The van der Waals surface area contributed by atoms with Gasteiger partial charge in [0.25, 0.3) is 11.6 Å². The summed E-state index contributed by atoms with van der Waals surface area (Å²) >= 11 is 0.721. The summed E-state index contributed by atoms with van der Waals surface area (Å²) < 4.78 is 29.7. The summed E-state index contributed by atoms with van der Waals surface area (Å²) in [4.78, 5) is 36.9. The minimum atomic E-state index is -3.93. The van der Waals surface area contributed by atoms with Gasteiger partial charge in [-0.2, -0.15) is 0 Å². The smallest absolute Gasteiger partial charge is 0.309 e. The van der Waals surface area contributed by atoms with Crippen molar-refractivity contribution in [3.63, 3.8) is 0 Å². The van der Waals surface area contributed by atoms with Gasteiger partial charge in [-0.1, -0.05) is 11.3 Å². The van der Waals surface area contributed by atoms with E-state index in [2.05, 4.69) is 10.3 Å². The Morgan fingerprint density at radius 2 is 1.96 bits per heavy atom. The molecule has 0 saturated heterocycles. The molecule has 0 bridgehead atoms. The van der Waals surface area contributed by atoms with Gasteiger partial charge in [0.1, 0.15) is 4.21 Å². The van der Waals surface area contributed by atoms with E-state index in [1.54, 1.807) is 0 Å². The van der Waals surface area contributed by atoms with Crippen LogP contribution >= 0.6 is 11.3 Å². The zero-order chi connectivity index (χ0) is 19.6. The molecule has 1 aliphatic carbocycles. The molecule has 10 nitrogen and oxygen atoms in total. The zero-order valence-electron chi connectivity index (χ0n) is 13.7. The quantitative estimate of drug-likeness (QED) is 0.412. The fourth-order valence-corrected chi connectivity index (χ4v) is 4.48. The predicted octanol–water partition coefficient (Wildman–Crippen LogP) is 1.78. The van der Waals surface area contributed by atoms with Crippen LogP contribution in [-0.4, -0.2) is 36.8 Å². The van der Waals surface area contributed by atoms with Crippen molar-refractivity contribution in [2.24, 2.45) is 5.92 Å². The Kier molecular flexibility index (Phi) is 5.19. The molecule has 1 N–H and O–H groups in total. The van der Waals surface area contributed by atoms with Crippen LogP contribution in [0.5, 0.6) is 0 Å². The van der Waals surface area contributed by atoms with Crippen molar-refractivity contribution in [2.45, 2.75) is 21.9 Å². The fourth-order valence-electron chi connectivity index (χ4n) is 2.03. The number of non-ortho nitro benzene ring substituents is 1. The number of sulfone groups is 1. The molecule has 1 aliphatic rings. The molecule has 1 heterocycles. The first kappa shape index (κ1) is 18.9. The number of aromatic nitrogens is 1. The maximum Gasteiger partial charge on any atom is 0.309 e. The van der Waals surface area contributed by atoms with Gasteiger partial charge in [0.15, 0.2) is 11.7 Å². The Morgan fingerprint density at radius 3 is 2.56 bits per heavy atom. The van der Waals surface area contributed by atoms with E-state index in [1.807, 2.05) is 0 Å². The number of amides is 1. The second kappa shape index (κ2) is 7.40. The highest BCUT2D eigenvalue weighted by Gasteiger charge is 2.31. The van der Waals surface area contributed by atoms with Crippen LogP contribution in [0.15, 0.2) is 39.6 Å². The number of esters is 1. The molecule has 27 heavy (non-hydrogen) atoms. The van der Waals surface area contributed by atoms with E-state index >= 15 is 0 Å². The molecule has 0 spiro atoms. The molecule has 2 aromatic rings. The number of thiazole rings is 1. The van der Waals surface area contributed by atoms with Crippen LogP contribution < -0.4 is 5.32 Å². The van der Waals surface area contributed by atoms with Gasteiger partial charge in [0, 0.05) is 12.1 Å². The number of ether oxygens (including phenoxy) is 1. The summed E-state index contributed by atoms with van der Waals surface area (Å²) in [5, 5.41) is 13.0. The van der Waals surface area contributed by atoms with Crippen LogP contribution in [0.2, 0.25) is 0 Å². The molecule has 1 saturated carbocycles. The summed E-state index contributed by atoms with van der Waals surface area (Å²) in [6.45, 7) is -0.473. The number of anilines is 1. The van der Waals surface area contributed by atoms with Gasteiger partial charge in [-0.05, 0) is 25.0 Å². The van der Waals surface area contributed by atoms with Crippen LogP contribution in [-0.2, 0) is 24.2 Å². The van der Waals surface area contributed by atoms with Gasteiger partial charge >= 0.3 is 5.97 Å². The number of nitro benzene ring substituents is 1. The Balaban J connectivity index is 1.65. The Labute approximate surface area is 157 Å². The lowest BCUT2D eigenvalue weighted by atomic mass is 10.3. The first-order valence-electron chi connectivity index (χ1n) is 7.69. The number of benzene rings is 1. The molecule has 1 fully saturated rings. The van der Waals surface area contributed by atoms with Crippen LogP contribution in [0.1, 0.15) is 12.8 Å². The number of hydrogen-bond donors (Lipinski definition) is 1. The van der Waals surface area contributed by atoms with E-state index in [4.69, 9.17) is 4.74 Å². The maximum atomic E-state index is 12.5. The van der Waals surface area contributed by atoms with Crippen LogP contribution in [0.3, 0.4) is 0 Å². The lowest BCUT2D eigenvalue weighted by molar-refractivity contribution is -0.384. The highest BCUT2D eigenvalue weighted by atomic mass is 32.2. The summed E-state index contributed by atoms with van der Waals surface area (Å²) in [6, 6.07) is 4.43. The van der Waals surface area contributed by atoms with Crippen LogP contribution in [0.25, 0.3) is 0 Å². The molecule has 3 rings (SSSR count). The number of nitro groups is 1. The largest absolute Gasteiger partial charge is 0.455 e. The molecular weight excluding hydrogens is 398 g/mol. The summed E-state index contributed by atoms with van der Waals surface area (Å²) in [5.74, 6) is -1.18. The second-order valence-corrected chi connectivity index (χ2v) is 8.88. The lowest BCUT2D eigenvalue weighted by Gasteiger charge is -2.03. The number of carbonyl (C=O) groups is 2. The van der Waals surface area contributed by atoms with E-state index in [0.717, 1.165) is 54.6 Å². The number of rotatable bonds is 7. The van der Waals surface area contributed by atoms with Crippen molar-refractivity contribution in [1.29, 1.82) is 0 Å². The average Bonchev–Trinajstić information content (AvgIpc) is 3.39. The van der Waals surface area contributed by atoms with Gasteiger partial charge in [0.2, 0.25) is 9.84 Å². The molecule has 1 aromatic heterocycles. The fraction of sp³-hybridized carbons (Fsp3) is 0.267. The molecular formula is C15H13N3O7S2. The topological polar surface area (TPSA) is 146 Å². The van der Waals surface area contributed by atoms with Crippen molar-refractivity contribution in [3.8, 4) is 0 Å². The normalized spacial score (nSPS) is 13.8. The molecule has 0 radical (unpaired) electrons. The SMILES string of the molecule is O=C(COC(=O)C1CC1)Nc1ncc(S(=O)(=O)c2ccc([N+](=O)[O-])cc2)s1. The first-order valence-corrected chi connectivity index (χ1v) is 9.99. The summed E-state index contributed by atoms with van der Waals surface area (Å²) in [6.07, 6.45) is 2.60. The van der Waals surface area contributed by atoms with E-state index in [1.165, 1.54) is 0 Å². The van der Waals surface area contributed by atoms with Crippen molar-refractivity contribution in [3.05, 3.63) is 40.6 Å². The highest BCUT2D eigenvalue weighted by molar-refractivity contribution is 7.93. The Hall–Kier alpha value is -2.86. The third-order valence-corrected chi connectivity index (χ3v) is 6.75. The van der Waals surface area contributed by atoms with Crippen LogP contribution in [0.4, 0.5) is 10.8 Å². The van der Waals surface area contributed by atoms with Gasteiger partial charge < -0.3 is 4.74 Å².